The maximum absolute atomic E-state index is 12.3. The van der Waals surface area contributed by atoms with Crippen LogP contribution in [-0.4, -0.2) is 41.0 Å². The largest absolute Gasteiger partial charge is 0.309 e. The minimum Gasteiger partial charge on any atom is -0.309 e. The van der Waals surface area contributed by atoms with Crippen molar-refractivity contribution in [3.05, 3.63) is 26.6 Å². The summed E-state index contributed by atoms with van der Waals surface area (Å²) in [6, 6.07) is 0. The van der Waals surface area contributed by atoms with Crippen molar-refractivity contribution < 1.29 is 0 Å². The van der Waals surface area contributed by atoms with Gasteiger partial charge in [0.2, 0.25) is 0 Å². The Labute approximate surface area is 134 Å². The number of nitrogens with one attached hydrogen (secondary N) is 2. The zero-order valence-corrected chi connectivity index (χ0v) is 14.2. The summed E-state index contributed by atoms with van der Waals surface area (Å²) in [6.45, 7) is 9.03. The highest BCUT2D eigenvalue weighted by molar-refractivity contribution is 7.18. The van der Waals surface area contributed by atoms with Crippen molar-refractivity contribution in [2.45, 2.75) is 39.7 Å². The zero-order chi connectivity index (χ0) is 15.5. The maximum atomic E-state index is 12.3. The molecule has 0 radical (unpaired) electrons. The standard InChI is InChI=1S/C16H24N4OS/c1-3-20(4-2)9-8-17-10-13-18-15(21)14-11-6-5-7-12(11)22-16(14)19-13/h17H,3-10H2,1-2H3,(H,18,19,21). The highest BCUT2D eigenvalue weighted by atomic mass is 32.1. The molecule has 0 bridgehead atoms. The average Bonchev–Trinajstić information content (AvgIpc) is 3.07. The summed E-state index contributed by atoms with van der Waals surface area (Å²) in [4.78, 5) is 24.6. The Hall–Kier alpha value is -1.24. The maximum Gasteiger partial charge on any atom is 0.259 e. The smallest absolute Gasteiger partial charge is 0.259 e. The zero-order valence-electron chi connectivity index (χ0n) is 13.4. The van der Waals surface area contributed by atoms with Crippen LogP contribution in [0.15, 0.2) is 4.79 Å². The second kappa shape index (κ2) is 6.89. The molecule has 0 saturated heterocycles. The van der Waals surface area contributed by atoms with Gasteiger partial charge < -0.3 is 15.2 Å². The van der Waals surface area contributed by atoms with Gasteiger partial charge in [0.25, 0.3) is 5.56 Å². The fraction of sp³-hybridized carbons (Fsp3) is 0.625. The number of rotatable bonds is 7. The van der Waals surface area contributed by atoms with Crippen molar-refractivity contribution in [1.82, 2.24) is 20.2 Å². The lowest BCUT2D eigenvalue weighted by atomic mass is 10.2. The van der Waals surface area contributed by atoms with E-state index in [-0.39, 0.29) is 5.56 Å². The highest BCUT2D eigenvalue weighted by Gasteiger charge is 2.20. The van der Waals surface area contributed by atoms with Crippen LogP contribution in [0.1, 0.15) is 36.5 Å². The lowest BCUT2D eigenvalue weighted by Gasteiger charge is -2.17. The normalized spacial score (nSPS) is 14.1. The number of nitrogens with zero attached hydrogens (tertiary/aromatic N) is 2. The van der Waals surface area contributed by atoms with Crippen molar-refractivity contribution >= 4 is 21.6 Å². The Morgan fingerprint density at radius 3 is 2.91 bits per heavy atom. The fourth-order valence-corrected chi connectivity index (χ4v) is 4.40. The summed E-state index contributed by atoms with van der Waals surface area (Å²) < 4.78 is 0. The van der Waals surface area contributed by atoms with Crippen LogP contribution in [0, 0.1) is 0 Å². The number of fused-ring (bicyclic) bond motifs is 3. The molecule has 22 heavy (non-hydrogen) atoms. The Morgan fingerprint density at radius 1 is 1.32 bits per heavy atom. The van der Waals surface area contributed by atoms with Gasteiger partial charge in [-0.1, -0.05) is 13.8 Å². The SMILES string of the molecule is CCN(CC)CCNCc1nc2sc3c(c2c(=O)[nH]1)CCC3. The van der Waals surface area contributed by atoms with Crippen molar-refractivity contribution in [1.29, 1.82) is 0 Å². The van der Waals surface area contributed by atoms with Crippen LogP contribution in [-0.2, 0) is 19.4 Å². The summed E-state index contributed by atoms with van der Waals surface area (Å²) in [7, 11) is 0. The van der Waals surface area contributed by atoms with Gasteiger partial charge in [-0.3, -0.25) is 4.79 Å². The summed E-state index contributed by atoms with van der Waals surface area (Å²) >= 11 is 1.70. The molecule has 0 spiro atoms. The molecule has 0 unspecified atom stereocenters. The van der Waals surface area contributed by atoms with Gasteiger partial charge in [0, 0.05) is 18.0 Å². The van der Waals surface area contributed by atoms with E-state index in [0.29, 0.717) is 6.54 Å². The summed E-state index contributed by atoms with van der Waals surface area (Å²) in [5.41, 5.74) is 1.28. The van der Waals surface area contributed by atoms with E-state index in [1.807, 2.05) is 0 Å². The van der Waals surface area contributed by atoms with E-state index in [4.69, 9.17) is 0 Å². The predicted octanol–water partition coefficient (Wildman–Crippen LogP) is 1.90. The van der Waals surface area contributed by atoms with Gasteiger partial charge in [-0.15, -0.1) is 11.3 Å². The van der Waals surface area contributed by atoms with Crippen molar-refractivity contribution in [3.8, 4) is 0 Å². The molecule has 0 atom stereocenters. The van der Waals surface area contributed by atoms with Crippen LogP contribution >= 0.6 is 11.3 Å². The number of aryl methyl sites for hydroxylation is 2. The number of likely N-dealkylation sites (N-methyl/N-ethyl adjacent to an activating group) is 1. The summed E-state index contributed by atoms with van der Waals surface area (Å²) in [5, 5.41) is 4.21. The number of thiophene rings is 1. The molecular formula is C16H24N4OS. The molecule has 2 aromatic rings. The number of aromatic amines is 1. The highest BCUT2D eigenvalue weighted by Crippen LogP contribution is 2.34. The Kier molecular flexibility index (Phi) is 4.90. The molecule has 6 heteroatoms. The first kappa shape index (κ1) is 15.6. The molecule has 0 aromatic carbocycles. The average molecular weight is 320 g/mol. The van der Waals surface area contributed by atoms with E-state index in [2.05, 4.69) is 34.0 Å². The second-order valence-electron chi connectivity index (χ2n) is 5.75. The molecule has 3 rings (SSSR count). The van der Waals surface area contributed by atoms with Gasteiger partial charge in [-0.2, -0.15) is 0 Å². The first-order chi connectivity index (χ1) is 10.7. The van der Waals surface area contributed by atoms with E-state index in [0.717, 1.165) is 55.1 Å². The first-order valence-corrected chi connectivity index (χ1v) is 9.01. The molecule has 1 aliphatic carbocycles. The molecule has 5 nitrogen and oxygen atoms in total. The Bertz CT molecular complexity index is 702. The molecule has 2 aromatic heterocycles. The van der Waals surface area contributed by atoms with Gasteiger partial charge >= 0.3 is 0 Å². The quantitative estimate of drug-likeness (QED) is 0.765. The number of H-pyrrole nitrogens is 1. The fourth-order valence-electron chi connectivity index (χ4n) is 3.11. The van der Waals surface area contributed by atoms with Crippen LogP contribution in [0.5, 0.6) is 0 Å². The molecule has 2 heterocycles. The van der Waals surface area contributed by atoms with Crippen molar-refractivity contribution in [3.63, 3.8) is 0 Å². The van der Waals surface area contributed by atoms with Gasteiger partial charge in [0.05, 0.1) is 11.9 Å². The van der Waals surface area contributed by atoms with E-state index in [1.165, 1.54) is 16.9 Å². The van der Waals surface area contributed by atoms with E-state index in [1.54, 1.807) is 11.3 Å². The number of hydrogen-bond donors (Lipinski definition) is 2. The monoisotopic (exact) mass is 320 g/mol. The van der Waals surface area contributed by atoms with Crippen molar-refractivity contribution in [2.75, 3.05) is 26.2 Å². The first-order valence-electron chi connectivity index (χ1n) is 8.19. The predicted molar refractivity (Wildman–Crippen MR) is 91.8 cm³/mol. The molecule has 0 amide bonds. The minimum atomic E-state index is 0.0324. The van der Waals surface area contributed by atoms with Crippen LogP contribution in [0.4, 0.5) is 0 Å². The molecule has 2 N–H and O–H groups in total. The molecule has 0 aliphatic heterocycles. The third-order valence-corrected chi connectivity index (χ3v) is 5.60. The summed E-state index contributed by atoms with van der Waals surface area (Å²) in [6.07, 6.45) is 3.31. The lowest BCUT2D eigenvalue weighted by molar-refractivity contribution is 0.302. The van der Waals surface area contributed by atoms with Crippen LogP contribution in [0.2, 0.25) is 0 Å². The summed E-state index contributed by atoms with van der Waals surface area (Å²) in [5.74, 6) is 0.747. The molecule has 1 aliphatic rings. The van der Waals surface area contributed by atoms with Gasteiger partial charge in [-0.25, -0.2) is 4.98 Å². The molecule has 0 saturated carbocycles. The number of hydrogen-bond acceptors (Lipinski definition) is 5. The second-order valence-corrected chi connectivity index (χ2v) is 6.84. The Morgan fingerprint density at radius 2 is 2.14 bits per heavy atom. The van der Waals surface area contributed by atoms with Gasteiger partial charge in [0.1, 0.15) is 10.7 Å². The van der Waals surface area contributed by atoms with Crippen LogP contribution in [0.3, 0.4) is 0 Å². The van der Waals surface area contributed by atoms with E-state index >= 15 is 0 Å². The third-order valence-electron chi connectivity index (χ3n) is 4.42. The molecule has 0 fully saturated rings. The lowest BCUT2D eigenvalue weighted by Crippen LogP contribution is -2.32. The van der Waals surface area contributed by atoms with Crippen LogP contribution in [0.25, 0.3) is 10.2 Å². The molecule has 120 valence electrons. The van der Waals surface area contributed by atoms with Crippen LogP contribution < -0.4 is 10.9 Å². The van der Waals surface area contributed by atoms with E-state index < -0.39 is 0 Å². The number of aromatic nitrogens is 2. The Balaban J connectivity index is 1.67. The van der Waals surface area contributed by atoms with Crippen molar-refractivity contribution in [2.24, 2.45) is 0 Å². The van der Waals surface area contributed by atoms with E-state index in [9.17, 15) is 4.79 Å². The molecular weight excluding hydrogens is 296 g/mol. The van der Waals surface area contributed by atoms with Gasteiger partial charge in [0.15, 0.2) is 0 Å². The third kappa shape index (κ3) is 3.09. The topological polar surface area (TPSA) is 61.0 Å². The minimum absolute atomic E-state index is 0.0324. The van der Waals surface area contributed by atoms with Gasteiger partial charge in [-0.05, 0) is 37.9 Å².